The van der Waals surface area contributed by atoms with Crippen molar-refractivity contribution in [3.63, 3.8) is 0 Å². The minimum Gasteiger partial charge on any atom is -0.356 e. The van der Waals surface area contributed by atoms with Crippen LogP contribution in [0.4, 0.5) is 0 Å². The molecule has 0 spiro atoms. The van der Waals surface area contributed by atoms with Crippen molar-refractivity contribution in [2.45, 2.75) is 33.1 Å². The number of carbonyl (C=O) groups is 1. The molecule has 0 bridgehead atoms. The summed E-state index contributed by atoms with van der Waals surface area (Å²) < 4.78 is 0. The molecule has 2 atom stereocenters. The van der Waals surface area contributed by atoms with Gasteiger partial charge in [0.2, 0.25) is 5.91 Å². The largest absolute Gasteiger partial charge is 0.356 e. The van der Waals surface area contributed by atoms with Gasteiger partial charge in [0.05, 0.1) is 0 Å². The Morgan fingerprint density at radius 1 is 1.16 bits per heavy atom. The Balaban J connectivity index is 0. The van der Waals surface area contributed by atoms with Gasteiger partial charge < -0.3 is 20.4 Å². The topological polar surface area (TPSA) is 47.6 Å². The van der Waals surface area contributed by atoms with Crippen molar-refractivity contribution in [3.8, 4) is 0 Å². The normalized spacial score (nSPS) is 22.2. The third kappa shape index (κ3) is 10.8. The maximum absolute atomic E-state index is 11.9. The van der Waals surface area contributed by atoms with E-state index in [1.807, 2.05) is 0 Å². The second kappa shape index (κ2) is 15.3. The first-order valence-corrected chi connectivity index (χ1v) is 9.09. The van der Waals surface area contributed by atoms with Gasteiger partial charge in [-0.05, 0) is 44.3 Å². The molecule has 2 N–H and O–H groups in total. The van der Waals surface area contributed by atoms with Crippen LogP contribution < -0.4 is 10.6 Å². The molecule has 2 saturated heterocycles. The Hall–Kier alpha value is 0.220. The number of hydrogen-bond acceptors (Lipinski definition) is 4. The molecule has 152 valence electrons. The molecule has 5 nitrogen and oxygen atoms in total. The van der Waals surface area contributed by atoms with Gasteiger partial charge in [0, 0.05) is 45.7 Å². The summed E-state index contributed by atoms with van der Waals surface area (Å²) in [7, 11) is 0. The SMILES string of the molecule is CCN1CCN(CC(C)CNC(=O)CCC2CCNC2)CC1.Cl.Cl.Cl. The first-order chi connectivity index (χ1) is 10.7. The standard InChI is InChI=1S/C17H34N4O.3ClH/c1-3-20-8-10-21(11-9-20)14-15(2)12-19-17(22)5-4-16-6-7-18-13-16;;;/h15-16,18H,3-14H2,1-2H3,(H,19,22);3*1H. The van der Waals surface area contributed by atoms with E-state index in [-0.39, 0.29) is 43.1 Å². The molecule has 2 heterocycles. The maximum Gasteiger partial charge on any atom is 0.220 e. The number of nitrogens with zero attached hydrogens (tertiary/aromatic N) is 2. The van der Waals surface area contributed by atoms with Gasteiger partial charge in [-0.15, -0.1) is 37.2 Å². The van der Waals surface area contributed by atoms with Gasteiger partial charge >= 0.3 is 0 Å². The van der Waals surface area contributed by atoms with E-state index in [2.05, 4.69) is 34.3 Å². The van der Waals surface area contributed by atoms with E-state index in [0.717, 1.165) is 39.1 Å². The summed E-state index contributed by atoms with van der Waals surface area (Å²) in [6.45, 7) is 14.5. The van der Waals surface area contributed by atoms with Gasteiger partial charge in [0.15, 0.2) is 0 Å². The molecular weight excluding hydrogens is 383 g/mol. The maximum atomic E-state index is 11.9. The van der Waals surface area contributed by atoms with Crippen LogP contribution in [0.2, 0.25) is 0 Å². The Morgan fingerprint density at radius 2 is 1.80 bits per heavy atom. The van der Waals surface area contributed by atoms with Gasteiger partial charge in [-0.25, -0.2) is 0 Å². The van der Waals surface area contributed by atoms with Crippen LogP contribution in [0.25, 0.3) is 0 Å². The fraction of sp³-hybridized carbons (Fsp3) is 0.941. The minimum atomic E-state index is 0. The molecule has 0 saturated carbocycles. The number of hydrogen-bond donors (Lipinski definition) is 2. The lowest BCUT2D eigenvalue weighted by molar-refractivity contribution is -0.121. The first kappa shape index (κ1) is 27.4. The van der Waals surface area contributed by atoms with Gasteiger partial charge in [-0.1, -0.05) is 13.8 Å². The number of halogens is 3. The van der Waals surface area contributed by atoms with Crippen molar-refractivity contribution in [2.75, 3.05) is 58.9 Å². The number of nitrogens with one attached hydrogen (secondary N) is 2. The van der Waals surface area contributed by atoms with Crippen LogP contribution in [0.15, 0.2) is 0 Å². The van der Waals surface area contributed by atoms with E-state index < -0.39 is 0 Å². The van der Waals surface area contributed by atoms with Crippen molar-refractivity contribution in [1.29, 1.82) is 0 Å². The highest BCUT2D eigenvalue weighted by molar-refractivity contribution is 5.86. The lowest BCUT2D eigenvalue weighted by Gasteiger charge is -2.35. The molecule has 0 aliphatic carbocycles. The average Bonchev–Trinajstić information content (AvgIpc) is 3.05. The van der Waals surface area contributed by atoms with E-state index in [4.69, 9.17) is 0 Å². The Labute approximate surface area is 172 Å². The lowest BCUT2D eigenvalue weighted by Crippen LogP contribution is -2.48. The van der Waals surface area contributed by atoms with Gasteiger partial charge in [0.25, 0.3) is 0 Å². The number of piperazine rings is 1. The van der Waals surface area contributed by atoms with E-state index >= 15 is 0 Å². The Morgan fingerprint density at radius 3 is 2.36 bits per heavy atom. The van der Waals surface area contributed by atoms with Gasteiger partial charge in [0.1, 0.15) is 0 Å². The third-order valence-corrected chi connectivity index (χ3v) is 5.07. The quantitative estimate of drug-likeness (QED) is 0.632. The van der Waals surface area contributed by atoms with Crippen LogP contribution in [-0.4, -0.2) is 74.6 Å². The van der Waals surface area contributed by atoms with Crippen LogP contribution >= 0.6 is 37.2 Å². The molecule has 8 heteroatoms. The molecule has 2 fully saturated rings. The second-order valence-electron chi connectivity index (χ2n) is 7.04. The number of amides is 1. The summed E-state index contributed by atoms with van der Waals surface area (Å²) in [6.07, 6.45) is 2.95. The van der Waals surface area contributed by atoms with Gasteiger partial charge in [-0.3, -0.25) is 4.79 Å². The van der Waals surface area contributed by atoms with Crippen molar-refractivity contribution in [1.82, 2.24) is 20.4 Å². The summed E-state index contributed by atoms with van der Waals surface area (Å²) in [5.41, 5.74) is 0. The molecule has 25 heavy (non-hydrogen) atoms. The molecule has 1 amide bonds. The molecule has 0 aromatic heterocycles. The van der Waals surface area contributed by atoms with Crippen molar-refractivity contribution in [2.24, 2.45) is 11.8 Å². The number of likely N-dealkylation sites (N-methyl/N-ethyl adjacent to an activating group) is 1. The zero-order chi connectivity index (χ0) is 15.8. The lowest BCUT2D eigenvalue weighted by atomic mass is 10.0. The predicted molar refractivity (Wildman–Crippen MR) is 113 cm³/mol. The van der Waals surface area contributed by atoms with E-state index in [9.17, 15) is 4.79 Å². The monoisotopic (exact) mass is 418 g/mol. The molecule has 2 unspecified atom stereocenters. The van der Waals surface area contributed by atoms with Crippen LogP contribution in [0.1, 0.15) is 33.1 Å². The first-order valence-electron chi connectivity index (χ1n) is 9.09. The van der Waals surface area contributed by atoms with E-state index in [1.54, 1.807) is 0 Å². The molecule has 0 aromatic rings. The molecular formula is C17H37Cl3N4O. The summed E-state index contributed by atoms with van der Waals surface area (Å²) in [4.78, 5) is 17.0. The summed E-state index contributed by atoms with van der Waals surface area (Å²) >= 11 is 0. The number of carbonyl (C=O) groups excluding carboxylic acids is 1. The highest BCUT2D eigenvalue weighted by atomic mass is 35.5. The van der Waals surface area contributed by atoms with Crippen molar-refractivity contribution >= 4 is 43.1 Å². The third-order valence-electron chi connectivity index (χ3n) is 5.07. The summed E-state index contributed by atoms with van der Waals surface area (Å²) in [6, 6.07) is 0. The smallest absolute Gasteiger partial charge is 0.220 e. The second-order valence-corrected chi connectivity index (χ2v) is 7.04. The average molecular weight is 420 g/mol. The molecule has 0 radical (unpaired) electrons. The molecule has 2 rings (SSSR count). The van der Waals surface area contributed by atoms with Crippen LogP contribution in [0, 0.1) is 11.8 Å². The van der Waals surface area contributed by atoms with Crippen molar-refractivity contribution < 1.29 is 4.79 Å². The summed E-state index contributed by atoms with van der Waals surface area (Å²) in [5.74, 6) is 1.47. The fourth-order valence-electron chi connectivity index (χ4n) is 3.47. The highest BCUT2D eigenvalue weighted by Crippen LogP contribution is 2.14. The fourth-order valence-corrected chi connectivity index (χ4v) is 3.47. The zero-order valence-corrected chi connectivity index (χ0v) is 18.1. The van der Waals surface area contributed by atoms with E-state index in [0.29, 0.717) is 18.3 Å². The minimum absolute atomic E-state index is 0. The molecule has 2 aliphatic heterocycles. The number of rotatable bonds is 8. The molecule has 2 aliphatic rings. The molecule has 0 aromatic carbocycles. The van der Waals surface area contributed by atoms with Crippen LogP contribution in [0.5, 0.6) is 0 Å². The van der Waals surface area contributed by atoms with Gasteiger partial charge in [-0.2, -0.15) is 0 Å². The predicted octanol–water partition coefficient (Wildman–Crippen LogP) is 2.03. The Bertz CT molecular complexity index is 336. The van der Waals surface area contributed by atoms with E-state index in [1.165, 1.54) is 32.6 Å². The van der Waals surface area contributed by atoms with Crippen LogP contribution in [-0.2, 0) is 4.79 Å². The summed E-state index contributed by atoms with van der Waals surface area (Å²) in [5, 5.41) is 6.48. The van der Waals surface area contributed by atoms with Crippen molar-refractivity contribution in [3.05, 3.63) is 0 Å². The Kier molecular flexibility index (Phi) is 16.8. The highest BCUT2D eigenvalue weighted by Gasteiger charge is 2.18. The zero-order valence-electron chi connectivity index (χ0n) is 15.7. The van der Waals surface area contributed by atoms with Crippen LogP contribution in [0.3, 0.4) is 0 Å².